The van der Waals surface area contributed by atoms with Crippen molar-refractivity contribution in [3.63, 3.8) is 0 Å². The van der Waals surface area contributed by atoms with Crippen LogP contribution >= 0.6 is 7.82 Å². The van der Waals surface area contributed by atoms with Gasteiger partial charge in [0.2, 0.25) is 0 Å². The van der Waals surface area contributed by atoms with E-state index < -0.39 is 70.1 Å². The number of phosphoric acid groups is 1. The van der Waals surface area contributed by atoms with Gasteiger partial charge in [0, 0.05) is 12.8 Å². The highest BCUT2D eigenvalue weighted by atomic mass is 31.2. The van der Waals surface area contributed by atoms with Gasteiger partial charge >= 0.3 is 19.8 Å². The predicted molar refractivity (Wildman–Crippen MR) is 210 cm³/mol. The minimum absolute atomic E-state index is 0.0726. The van der Waals surface area contributed by atoms with Crippen molar-refractivity contribution in [1.29, 1.82) is 0 Å². The first-order valence-corrected chi connectivity index (χ1v) is 22.4. The van der Waals surface area contributed by atoms with Gasteiger partial charge in [0.05, 0.1) is 38.1 Å². The van der Waals surface area contributed by atoms with Gasteiger partial charge in [0.15, 0.2) is 6.10 Å². The van der Waals surface area contributed by atoms with Crippen LogP contribution in [0, 0.1) is 0 Å². The third-order valence-electron chi connectivity index (χ3n) is 9.19. The summed E-state index contributed by atoms with van der Waals surface area (Å²) in [7, 11) is -4.66. The Kier molecular flexibility index (Phi) is 35.0. The number of unbranched alkanes of at least 4 members (excludes halogenated alkanes) is 18. The van der Waals surface area contributed by atoms with Crippen LogP contribution in [0.4, 0.5) is 0 Å². The highest BCUT2D eigenvalue weighted by Gasteiger charge is 2.27. The zero-order chi connectivity index (χ0) is 40.3. The normalized spacial score (nSPS) is 15.8. The first-order chi connectivity index (χ1) is 25.9. The highest BCUT2D eigenvalue weighted by molar-refractivity contribution is 7.47. The lowest BCUT2D eigenvalue weighted by Gasteiger charge is -2.20. The number of rotatable bonds is 39. The summed E-state index contributed by atoms with van der Waals surface area (Å²) in [5.74, 6) is -1.05. The molecule has 0 heterocycles. The van der Waals surface area contributed by atoms with Crippen LogP contribution < -0.4 is 0 Å². The fourth-order valence-corrected chi connectivity index (χ4v) is 6.54. The standard InChI is InChI=1S/C40H77O13P/c1-3-5-7-8-9-10-11-12-13-14-15-18-22-26-39(46)50-32-36(33-52-54(48,49)51-31-35(43)30-41)53-40(47)27-23-19-16-17-21-24-34(42)28-29-38(45)37(44)25-20-6-4-2/h28-29,34-38,41-45H,3-27,30-33H2,1-2H3,(H,48,49)/b29-28+. The molecule has 0 saturated heterocycles. The smallest absolute Gasteiger partial charge is 0.462 e. The second-order valence-corrected chi connectivity index (χ2v) is 15.9. The van der Waals surface area contributed by atoms with Crippen molar-refractivity contribution < 1.29 is 63.1 Å². The molecule has 6 atom stereocenters. The molecule has 320 valence electrons. The largest absolute Gasteiger partial charge is 0.472 e. The number of aliphatic hydroxyl groups excluding tert-OH is 5. The summed E-state index contributed by atoms with van der Waals surface area (Å²) in [6, 6.07) is 0. The van der Waals surface area contributed by atoms with Crippen LogP contribution in [0.15, 0.2) is 12.2 Å². The van der Waals surface area contributed by atoms with Crippen molar-refractivity contribution >= 4 is 19.8 Å². The maximum absolute atomic E-state index is 12.6. The zero-order valence-electron chi connectivity index (χ0n) is 33.5. The van der Waals surface area contributed by atoms with Crippen LogP contribution in [0.25, 0.3) is 0 Å². The Morgan fingerprint density at radius 1 is 0.593 bits per heavy atom. The topological polar surface area (TPSA) is 210 Å². The molecule has 0 spiro atoms. The maximum atomic E-state index is 12.6. The molecule has 13 nitrogen and oxygen atoms in total. The van der Waals surface area contributed by atoms with Crippen LogP contribution in [0.2, 0.25) is 0 Å². The number of ether oxygens (including phenoxy) is 2. The van der Waals surface area contributed by atoms with Gasteiger partial charge < -0.3 is 39.9 Å². The summed E-state index contributed by atoms with van der Waals surface area (Å²) in [5, 5.41) is 48.5. The van der Waals surface area contributed by atoms with E-state index in [1.165, 1.54) is 69.9 Å². The Morgan fingerprint density at radius 3 is 1.61 bits per heavy atom. The molecule has 0 amide bonds. The van der Waals surface area contributed by atoms with E-state index in [1.54, 1.807) is 0 Å². The summed E-state index contributed by atoms with van der Waals surface area (Å²) < 4.78 is 32.5. The molecule has 0 saturated carbocycles. The van der Waals surface area contributed by atoms with Gasteiger partial charge in [0.1, 0.15) is 12.7 Å². The zero-order valence-corrected chi connectivity index (χ0v) is 34.4. The van der Waals surface area contributed by atoms with Crippen LogP contribution in [0.5, 0.6) is 0 Å². The number of phosphoric ester groups is 1. The molecule has 0 rings (SSSR count). The molecule has 14 heteroatoms. The Morgan fingerprint density at radius 2 is 1.06 bits per heavy atom. The van der Waals surface area contributed by atoms with Crippen molar-refractivity contribution in [2.45, 2.75) is 205 Å². The van der Waals surface area contributed by atoms with E-state index in [1.807, 2.05) is 0 Å². The molecule has 0 aromatic carbocycles. The summed E-state index contributed by atoms with van der Waals surface area (Å²) in [4.78, 5) is 34.9. The molecular weight excluding hydrogens is 719 g/mol. The lowest BCUT2D eigenvalue weighted by Crippen LogP contribution is -2.29. The molecule has 54 heavy (non-hydrogen) atoms. The van der Waals surface area contributed by atoms with Crippen molar-refractivity contribution in [3.05, 3.63) is 12.2 Å². The molecule has 0 fully saturated rings. The Bertz CT molecular complexity index is 966. The molecule has 0 aliphatic carbocycles. The lowest BCUT2D eigenvalue weighted by molar-refractivity contribution is -0.161. The minimum atomic E-state index is -4.66. The second kappa shape index (κ2) is 36.0. The van der Waals surface area contributed by atoms with Crippen LogP contribution in [0.1, 0.15) is 174 Å². The number of esters is 2. The fraction of sp³-hybridized carbons (Fsp3) is 0.900. The number of hydrogen-bond acceptors (Lipinski definition) is 12. The molecule has 0 bridgehead atoms. The van der Waals surface area contributed by atoms with E-state index in [9.17, 15) is 39.5 Å². The monoisotopic (exact) mass is 797 g/mol. The Labute approximate surface area is 325 Å². The number of aliphatic hydroxyl groups is 5. The van der Waals surface area contributed by atoms with Gasteiger partial charge in [0.25, 0.3) is 0 Å². The second-order valence-electron chi connectivity index (χ2n) is 14.5. The quantitative estimate of drug-likeness (QED) is 0.0156. The Balaban J connectivity index is 4.47. The molecule has 6 N–H and O–H groups in total. The van der Waals surface area contributed by atoms with Gasteiger partial charge in [-0.3, -0.25) is 18.6 Å². The molecule has 0 aromatic rings. The van der Waals surface area contributed by atoms with Gasteiger partial charge in [-0.05, 0) is 25.7 Å². The van der Waals surface area contributed by atoms with Gasteiger partial charge in [-0.15, -0.1) is 0 Å². The van der Waals surface area contributed by atoms with Crippen LogP contribution in [0.3, 0.4) is 0 Å². The van der Waals surface area contributed by atoms with E-state index in [-0.39, 0.29) is 19.4 Å². The SMILES string of the molecule is CCCCCCCCCCCCCCCC(=O)OCC(COP(=O)(O)OCC(O)CO)OC(=O)CCCCCCCC(O)/C=C/C(O)C(O)CCCCC. The van der Waals surface area contributed by atoms with Crippen molar-refractivity contribution in [1.82, 2.24) is 0 Å². The average molecular weight is 797 g/mol. The molecule has 0 aliphatic heterocycles. The third kappa shape index (κ3) is 33.9. The number of hydrogen-bond donors (Lipinski definition) is 6. The van der Waals surface area contributed by atoms with Crippen molar-refractivity contribution in [2.75, 3.05) is 26.4 Å². The Hall–Kier alpha value is -1.41. The maximum Gasteiger partial charge on any atom is 0.472 e. The molecule has 0 radical (unpaired) electrons. The summed E-state index contributed by atoms with van der Waals surface area (Å²) in [6.07, 6.45) is 21.0. The van der Waals surface area contributed by atoms with Gasteiger partial charge in [-0.1, -0.05) is 148 Å². The summed E-state index contributed by atoms with van der Waals surface area (Å²) in [5.41, 5.74) is 0. The third-order valence-corrected chi connectivity index (χ3v) is 10.1. The predicted octanol–water partition coefficient (Wildman–Crippen LogP) is 7.36. The van der Waals surface area contributed by atoms with E-state index >= 15 is 0 Å². The van der Waals surface area contributed by atoms with Gasteiger partial charge in [-0.2, -0.15) is 0 Å². The molecular formula is C40H77O13P. The number of carbonyl (C=O) groups is 2. The van der Waals surface area contributed by atoms with Crippen molar-refractivity contribution in [2.24, 2.45) is 0 Å². The lowest BCUT2D eigenvalue weighted by atomic mass is 10.0. The molecule has 6 unspecified atom stereocenters. The minimum Gasteiger partial charge on any atom is -0.462 e. The average Bonchev–Trinajstić information content (AvgIpc) is 3.15. The van der Waals surface area contributed by atoms with Crippen LogP contribution in [-0.4, -0.2) is 99.3 Å². The van der Waals surface area contributed by atoms with E-state index in [2.05, 4.69) is 18.4 Å². The van der Waals surface area contributed by atoms with Gasteiger partial charge in [-0.25, -0.2) is 4.57 Å². The van der Waals surface area contributed by atoms with Crippen LogP contribution in [-0.2, 0) is 32.7 Å². The first kappa shape index (κ1) is 52.6. The molecule has 0 aromatic heterocycles. The fourth-order valence-electron chi connectivity index (χ4n) is 5.75. The molecule has 0 aliphatic rings. The van der Waals surface area contributed by atoms with E-state index in [0.717, 1.165) is 64.2 Å². The van der Waals surface area contributed by atoms with E-state index in [4.69, 9.17) is 19.1 Å². The first-order valence-electron chi connectivity index (χ1n) is 20.9. The summed E-state index contributed by atoms with van der Waals surface area (Å²) >= 11 is 0. The van der Waals surface area contributed by atoms with E-state index in [0.29, 0.717) is 25.7 Å². The highest BCUT2D eigenvalue weighted by Crippen LogP contribution is 2.43. The number of carbonyl (C=O) groups excluding carboxylic acids is 2. The van der Waals surface area contributed by atoms with Crippen molar-refractivity contribution in [3.8, 4) is 0 Å². The summed E-state index contributed by atoms with van der Waals surface area (Å²) in [6.45, 7) is 2.02.